The van der Waals surface area contributed by atoms with Crippen LogP contribution in [-0.2, 0) is 19.9 Å². The topological polar surface area (TPSA) is 92.3 Å². The summed E-state index contributed by atoms with van der Waals surface area (Å²) in [6.45, 7) is 5.02. The zero-order valence-corrected chi connectivity index (χ0v) is 14.1. The summed E-state index contributed by atoms with van der Waals surface area (Å²) in [4.78, 5) is 0. The molecular weight excluding hydrogens is 312 g/mol. The Morgan fingerprint density at radius 2 is 1.67 bits per heavy atom. The number of sulfone groups is 1. The van der Waals surface area contributed by atoms with Crippen LogP contribution in [0.2, 0.25) is 0 Å². The van der Waals surface area contributed by atoms with Crippen molar-refractivity contribution in [3.8, 4) is 0 Å². The van der Waals surface area contributed by atoms with Crippen LogP contribution in [0, 0.1) is 0 Å². The molecule has 1 atom stereocenters. The number of nitrogens with one attached hydrogen (secondary N) is 2. The average Bonchev–Trinajstić information content (AvgIpc) is 2.33. The van der Waals surface area contributed by atoms with Gasteiger partial charge < -0.3 is 5.32 Å². The highest BCUT2D eigenvalue weighted by atomic mass is 32.3. The van der Waals surface area contributed by atoms with Gasteiger partial charge in [0.15, 0.2) is 14.9 Å². The molecule has 0 bridgehead atoms. The minimum Gasteiger partial charge on any atom is -0.310 e. The van der Waals surface area contributed by atoms with Crippen LogP contribution in [0.3, 0.4) is 0 Å². The van der Waals surface area contributed by atoms with Crippen LogP contribution in [0.15, 0.2) is 24.3 Å². The molecule has 0 aliphatic heterocycles. The molecule has 1 rings (SSSR count). The first-order chi connectivity index (χ1) is 9.63. The van der Waals surface area contributed by atoms with Crippen LogP contribution in [-0.4, -0.2) is 34.7 Å². The Kier molecular flexibility index (Phi) is 6.18. The molecule has 0 radical (unpaired) electrons. The van der Waals surface area contributed by atoms with E-state index in [2.05, 4.69) is 17.0 Å². The maximum atomic E-state index is 11.7. The third-order valence-corrected chi connectivity index (χ3v) is 6.25. The molecular formula is C13H22N2O4S2. The first-order valence-electron chi connectivity index (χ1n) is 6.64. The highest BCUT2D eigenvalue weighted by Gasteiger charge is 2.18. The third-order valence-electron chi connectivity index (χ3n) is 2.75. The molecule has 21 heavy (non-hydrogen) atoms. The normalized spacial score (nSPS) is 13.9. The van der Waals surface area contributed by atoms with Gasteiger partial charge in [0.05, 0.1) is 0 Å². The molecule has 8 heteroatoms. The van der Waals surface area contributed by atoms with Crippen molar-refractivity contribution in [3.63, 3.8) is 0 Å². The summed E-state index contributed by atoms with van der Waals surface area (Å²) in [6, 6.07) is 7.04. The smallest absolute Gasteiger partial charge is 0.247 e. The fourth-order valence-electron chi connectivity index (χ4n) is 1.81. The Morgan fingerprint density at radius 3 is 2.14 bits per heavy atom. The average molecular weight is 334 g/mol. The van der Waals surface area contributed by atoms with E-state index in [0.29, 0.717) is 5.69 Å². The van der Waals surface area contributed by atoms with E-state index in [1.165, 1.54) is 0 Å². The van der Waals surface area contributed by atoms with Gasteiger partial charge in [0.2, 0.25) is 10.0 Å². The Balaban J connectivity index is 2.75. The summed E-state index contributed by atoms with van der Waals surface area (Å²) in [5.74, 6) is 0. The molecule has 6 nitrogen and oxygen atoms in total. The van der Waals surface area contributed by atoms with Crippen molar-refractivity contribution in [2.75, 3.05) is 22.6 Å². The third kappa shape index (κ3) is 6.92. The molecule has 0 saturated heterocycles. The summed E-state index contributed by atoms with van der Waals surface area (Å²) >= 11 is 0. The van der Waals surface area contributed by atoms with Crippen molar-refractivity contribution in [3.05, 3.63) is 29.8 Å². The van der Waals surface area contributed by atoms with Gasteiger partial charge in [0.1, 0.15) is 0 Å². The quantitative estimate of drug-likeness (QED) is 0.751. The van der Waals surface area contributed by atoms with Crippen LogP contribution in [0.5, 0.6) is 0 Å². The predicted molar refractivity (Wildman–Crippen MR) is 85.4 cm³/mol. The van der Waals surface area contributed by atoms with Gasteiger partial charge in [-0.25, -0.2) is 16.8 Å². The second-order valence-electron chi connectivity index (χ2n) is 5.06. The first kappa shape index (κ1) is 17.9. The van der Waals surface area contributed by atoms with Gasteiger partial charge in [-0.1, -0.05) is 19.1 Å². The number of rotatable bonds is 8. The lowest BCUT2D eigenvalue weighted by Gasteiger charge is -2.14. The van der Waals surface area contributed by atoms with Crippen molar-refractivity contribution in [1.29, 1.82) is 0 Å². The van der Waals surface area contributed by atoms with E-state index in [9.17, 15) is 16.8 Å². The highest BCUT2D eigenvalue weighted by Crippen LogP contribution is 2.17. The molecule has 1 aromatic rings. The number of sulfonamides is 1. The van der Waals surface area contributed by atoms with Crippen molar-refractivity contribution >= 4 is 25.5 Å². The van der Waals surface area contributed by atoms with Gasteiger partial charge in [-0.05, 0) is 37.6 Å². The van der Waals surface area contributed by atoms with E-state index < -0.39 is 24.9 Å². The lowest BCUT2D eigenvalue weighted by Crippen LogP contribution is -2.22. The number of hydrogen-bond donors (Lipinski definition) is 2. The summed E-state index contributed by atoms with van der Waals surface area (Å²) in [5, 5.41) is 2.41. The second-order valence-corrected chi connectivity index (χ2v) is 9.29. The molecule has 0 spiro atoms. The number of benzene rings is 1. The first-order valence-corrected chi connectivity index (χ1v) is 10.4. The van der Waals surface area contributed by atoms with E-state index in [-0.39, 0.29) is 6.04 Å². The molecule has 2 N–H and O–H groups in total. The molecule has 120 valence electrons. The van der Waals surface area contributed by atoms with E-state index in [4.69, 9.17) is 0 Å². The SMILES string of the molecule is CCCNC(C)c1ccc(NS(=O)(=O)CS(C)(=O)=O)cc1. The minimum absolute atomic E-state index is 0.173. The van der Waals surface area contributed by atoms with Crippen molar-refractivity contribution in [2.24, 2.45) is 0 Å². The zero-order chi connectivity index (χ0) is 16.1. The molecule has 0 saturated carbocycles. The van der Waals surface area contributed by atoms with Gasteiger partial charge in [-0.15, -0.1) is 0 Å². The molecule has 1 aromatic carbocycles. The van der Waals surface area contributed by atoms with Gasteiger partial charge >= 0.3 is 0 Å². The largest absolute Gasteiger partial charge is 0.310 e. The second kappa shape index (κ2) is 7.24. The highest BCUT2D eigenvalue weighted by molar-refractivity contribution is 8.08. The van der Waals surface area contributed by atoms with Gasteiger partial charge in [-0.2, -0.15) is 0 Å². The fourth-order valence-corrected chi connectivity index (χ4v) is 4.79. The monoisotopic (exact) mass is 334 g/mol. The van der Waals surface area contributed by atoms with E-state index >= 15 is 0 Å². The number of hydrogen-bond acceptors (Lipinski definition) is 5. The molecule has 0 aliphatic carbocycles. The van der Waals surface area contributed by atoms with Crippen LogP contribution < -0.4 is 10.0 Å². The summed E-state index contributed by atoms with van der Waals surface area (Å²) in [7, 11) is -7.49. The molecule has 0 fully saturated rings. The van der Waals surface area contributed by atoms with E-state index in [1.807, 2.05) is 19.1 Å². The van der Waals surface area contributed by atoms with Crippen LogP contribution >= 0.6 is 0 Å². The van der Waals surface area contributed by atoms with Crippen LogP contribution in [0.1, 0.15) is 31.9 Å². The minimum atomic E-state index is -3.89. The molecule has 0 aromatic heterocycles. The standard InChI is InChI=1S/C13H22N2O4S2/c1-4-9-14-11(2)12-5-7-13(8-6-12)15-21(18,19)10-20(3,16)17/h5-8,11,14-15H,4,9-10H2,1-3H3. The van der Waals surface area contributed by atoms with Crippen molar-refractivity contribution < 1.29 is 16.8 Å². The Bertz CT molecular complexity index is 652. The zero-order valence-electron chi connectivity index (χ0n) is 12.5. The Morgan fingerprint density at radius 1 is 1.10 bits per heavy atom. The predicted octanol–water partition coefficient (Wildman–Crippen LogP) is 1.49. The van der Waals surface area contributed by atoms with E-state index in [0.717, 1.165) is 24.8 Å². The summed E-state index contributed by atoms with van der Waals surface area (Å²) < 4.78 is 47.7. The van der Waals surface area contributed by atoms with Gasteiger partial charge in [-0.3, -0.25) is 4.72 Å². The van der Waals surface area contributed by atoms with Crippen LogP contribution in [0.4, 0.5) is 5.69 Å². The van der Waals surface area contributed by atoms with Gasteiger partial charge in [0, 0.05) is 18.0 Å². The van der Waals surface area contributed by atoms with Gasteiger partial charge in [0.25, 0.3) is 0 Å². The molecule has 0 aliphatic rings. The fraction of sp³-hybridized carbons (Fsp3) is 0.538. The Labute approximate surface area is 126 Å². The van der Waals surface area contributed by atoms with Crippen LogP contribution in [0.25, 0.3) is 0 Å². The van der Waals surface area contributed by atoms with Crippen molar-refractivity contribution in [1.82, 2.24) is 5.32 Å². The summed E-state index contributed by atoms with van der Waals surface area (Å²) in [5.41, 5.74) is 1.39. The molecule has 1 unspecified atom stereocenters. The molecule has 0 amide bonds. The number of anilines is 1. The molecule has 0 heterocycles. The summed E-state index contributed by atoms with van der Waals surface area (Å²) in [6.07, 6.45) is 1.92. The van der Waals surface area contributed by atoms with Crippen molar-refractivity contribution in [2.45, 2.75) is 26.3 Å². The maximum absolute atomic E-state index is 11.7. The maximum Gasteiger partial charge on any atom is 0.247 e. The lowest BCUT2D eigenvalue weighted by atomic mass is 10.1. The van der Waals surface area contributed by atoms with E-state index in [1.54, 1.807) is 12.1 Å². The lowest BCUT2D eigenvalue weighted by molar-refractivity contribution is 0.571. The Hall–Kier alpha value is -1.12.